The monoisotopic (exact) mass is 397 g/mol. The average molecular weight is 397 g/mol. The van der Waals surface area contributed by atoms with E-state index in [0.717, 1.165) is 42.8 Å². The second kappa shape index (κ2) is 7.50. The Kier molecular flexibility index (Phi) is 4.53. The van der Waals surface area contributed by atoms with Crippen LogP contribution >= 0.6 is 0 Å². The van der Waals surface area contributed by atoms with Gasteiger partial charge in [-0.3, -0.25) is 0 Å². The molecule has 0 spiro atoms. The first kappa shape index (κ1) is 18.1. The van der Waals surface area contributed by atoms with Crippen molar-refractivity contribution in [3.63, 3.8) is 0 Å². The minimum absolute atomic E-state index is 0.234. The van der Waals surface area contributed by atoms with Crippen LogP contribution in [-0.4, -0.2) is 48.7 Å². The summed E-state index contributed by atoms with van der Waals surface area (Å²) in [6.45, 7) is 1.66. The Morgan fingerprint density at radius 1 is 1.07 bits per heavy atom. The lowest BCUT2D eigenvalue weighted by Gasteiger charge is -2.30. The van der Waals surface area contributed by atoms with Crippen molar-refractivity contribution in [2.24, 2.45) is 5.73 Å². The summed E-state index contributed by atoms with van der Waals surface area (Å²) >= 11 is 0. The summed E-state index contributed by atoms with van der Waals surface area (Å²) in [5, 5.41) is 13.2. The maximum Gasteiger partial charge on any atom is 0.225 e. The summed E-state index contributed by atoms with van der Waals surface area (Å²) in [5.41, 5.74) is 10.5. The van der Waals surface area contributed by atoms with Gasteiger partial charge in [-0.25, -0.2) is 24.5 Å². The van der Waals surface area contributed by atoms with E-state index in [1.807, 2.05) is 18.2 Å². The summed E-state index contributed by atoms with van der Waals surface area (Å²) in [5.74, 6) is 0.675. The van der Waals surface area contributed by atoms with Gasteiger partial charge in [0.05, 0.1) is 23.0 Å². The quantitative estimate of drug-likeness (QED) is 0.557. The largest absolute Gasteiger partial charge is 0.341 e. The smallest absolute Gasteiger partial charge is 0.225 e. The SMILES string of the molecule is N#Cc1ccc(-c2nc(N3CCC(N)CC3)ncc2-c2cc3ncnn3cn2)cc1. The minimum Gasteiger partial charge on any atom is -0.341 e. The molecule has 0 amide bonds. The van der Waals surface area contributed by atoms with Crippen molar-refractivity contribution in [1.29, 1.82) is 5.26 Å². The molecule has 9 heteroatoms. The maximum atomic E-state index is 9.13. The molecule has 5 rings (SSSR count). The molecule has 0 saturated carbocycles. The van der Waals surface area contributed by atoms with Gasteiger partial charge in [-0.15, -0.1) is 0 Å². The standard InChI is InChI=1S/C21H19N9/c22-10-14-1-3-15(4-2-14)20-17(18-9-19-25-12-27-30(19)13-26-18)11-24-21(28-20)29-7-5-16(23)6-8-29/h1-4,9,11-13,16H,5-8,23H2. The van der Waals surface area contributed by atoms with Crippen LogP contribution in [-0.2, 0) is 0 Å². The van der Waals surface area contributed by atoms with Gasteiger partial charge in [-0.05, 0) is 25.0 Å². The van der Waals surface area contributed by atoms with Crippen molar-refractivity contribution in [1.82, 2.24) is 29.5 Å². The number of nitrogens with two attached hydrogens (primary N) is 1. The lowest BCUT2D eigenvalue weighted by atomic mass is 10.0. The van der Waals surface area contributed by atoms with Gasteiger partial charge in [0, 0.05) is 42.5 Å². The van der Waals surface area contributed by atoms with Gasteiger partial charge in [-0.1, -0.05) is 12.1 Å². The summed E-state index contributed by atoms with van der Waals surface area (Å²) in [4.78, 5) is 20.5. The molecule has 1 saturated heterocycles. The number of fused-ring (bicyclic) bond motifs is 1. The molecule has 4 heterocycles. The molecule has 2 N–H and O–H groups in total. The van der Waals surface area contributed by atoms with E-state index in [0.29, 0.717) is 22.9 Å². The van der Waals surface area contributed by atoms with Gasteiger partial charge in [0.1, 0.15) is 12.7 Å². The highest BCUT2D eigenvalue weighted by atomic mass is 15.3. The predicted molar refractivity (Wildman–Crippen MR) is 111 cm³/mol. The molecule has 1 aromatic carbocycles. The first-order valence-electron chi connectivity index (χ1n) is 9.75. The Bertz CT molecular complexity index is 1230. The molecule has 1 aliphatic heterocycles. The Hall–Kier alpha value is -3.90. The van der Waals surface area contributed by atoms with Gasteiger partial charge in [-0.2, -0.15) is 10.4 Å². The Morgan fingerprint density at radius 3 is 2.63 bits per heavy atom. The van der Waals surface area contributed by atoms with Crippen molar-refractivity contribution < 1.29 is 0 Å². The highest BCUT2D eigenvalue weighted by Gasteiger charge is 2.21. The summed E-state index contributed by atoms with van der Waals surface area (Å²) in [6, 6.07) is 11.6. The summed E-state index contributed by atoms with van der Waals surface area (Å²) in [6.07, 6.45) is 6.76. The van der Waals surface area contributed by atoms with E-state index in [1.54, 1.807) is 29.2 Å². The lowest BCUT2D eigenvalue weighted by Crippen LogP contribution is -2.40. The molecule has 148 valence electrons. The molecule has 1 fully saturated rings. The second-order valence-corrected chi connectivity index (χ2v) is 7.28. The number of hydrogen-bond donors (Lipinski definition) is 1. The molecule has 0 aliphatic carbocycles. The van der Waals surface area contributed by atoms with Gasteiger partial charge in [0.2, 0.25) is 5.95 Å². The third kappa shape index (κ3) is 3.33. The number of hydrogen-bond acceptors (Lipinski definition) is 8. The van der Waals surface area contributed by atoms with E-state index in [4.69, 9.17) is 16.0 Å². The molecule has 3 aromatic heterocycles. The number of benzene rings is 1. The fraction of sp³-hybridized carbons (Fsp3) is 0.238. The Morgan fingerprint density at radius 2 is 1.87 bits per heavy atom. The van der Waals surface area contributed by atoms with E-state index >= 15 is 0 Å². The summed E-state index contributed by atoms with van der Waals surface area (Å²) < 4.78 is 1.61. The van der Waals surface area contributed by atoms with E-state index in [2.05, 4.69) is 31.0 Å². The van der Waals surface area contributed by atoms with Gasteiger partial charge in [0.15, 0.2) is 5.65 Å². The number of aromatic nitrogens is 6. The molecule has 0 bridgehead atoms. The zero-order chi connectivity index (χ0) is 20.5. The summed E-state index contributed by atoms with van der Waals surface area (Å²) in [7, 11) is 0. The molecule has 9 nitrogen and oxygen atoms in total. The molecule has 1 aliphatic rings. The molecule has 0 atom stereocenters. The first-order chi connectivity index (χ1) is 14.7. The van der Waals surface area contributed by atoms with Crippen molar-refractivity contribution in [3.05, 3.63) is 54.7 Å². The van der Waals surface area contributed by atoms with Gasteiger partial charge >= 0.3 is 0 Å². The molecule has 4 aromatic rings. The Labute approximate surface area is 172 Å². The lowest BCUT2D eigenvalue weighted by molar-refractivity contribution is 0.495. The zero-order valence-electron chi connectivity index (χ0n) is 16.2. The number of nitrogens with zero attached hydrogens (tertiary/aromatic N) is 8. The minimum atomic E-state index is 0.234. The van der Waals surface area contributed by atoms with Crippen LogP contribution in [0.2, 0.25) is 0 Å². The number of anilines is 1. The first-order valence-corrected chi connectivity index (χ1v) is 9.75. The maximum absolute atomic E-state index is 9.13. The van der Waals surface area contributed by atoms with Gasteiger partial charge < -0.3 is 10.6 Å². The second-order valence-electron chi connectivity index (χ2n) is 7.28. The van der Waals surface area contributed by atoms with Crippen molar-refractivity contribution in [2.45, 2.75) is 18.9 Å². The third-order valence-corrected chi connectivity index (χ3v) is 5.33. The fourth-order valence-corrected chi connectivity index (χ4v) is 3.61. The molecule has 30 heavy (non-hydrogen) atoms. The van der Waals surface area contributed by atoms with Crippen LogP contribution < -0.4 is 10.6 Å². The average Bonchev–Trinajstić information content (AvgIpc) is 3.27. The van der Waals surface area contributed by atoms with Crippen molar-refractivity contribution in [3.8, 4) is 28.6 Å². The molecular formula is C21H19N9. The fourth-order valence-electron chi connectivity index (χ4n) is 3.61. The van der Waals surface area contributed by atoms with Crippen LogP contribution in [0.1, 0.15) is 18.4 Å². The number of nitriles is 1. The molecule has 0 unspecified atom stereocenters. The molecule has 0 radical (unpaired) electrons. The van der Waals surface area contributed by atoms with Gasteiger partial charge in [0.25, 0.3) is 0 Å². The van der Waals surface area contributed by atoms with Crippen molar-refractivity contribution >= 4 is 11.6 Å². The number of rotatable bonds is 3. The Balaban J connectivity index is 1.62. The normalized spacial score (nSPS) is 14.7. The van der Waals surface area contributed by atoms with E-state index in [1.165, 1.54) is 6.33 Å². The topological polar surface area (TPSA) is 122 Å². The van der Waals surface area contributed by atoms with Crippen LogP contribution in [0.3, 0.4) is 0 Å². The van der Waals surface area contributed by atoms with Crippen LogP contribution in [0.4, 0.5) is 5.95 Å². The molecular weight excluding hydrogens is 378 g/mol. The van der Waals surface area contributed by atoms with Crippen LogP contribution in [0.5, 0.6) is 0 Å². The number of piperidine rings is 1. The highest BCUT2D eigenvalue weighted by molar-refractivity contribution is 5.80. The van der Waals surface area contributed by atoms with Crippen LogP contribution in [0.25, 0.3) is 28.2 Å². The third-order valence-electron chi connectivity index (χ3n) is 5.33. The van der Waals surface area contributed by atoms with Crippen molar-refractivity contribution in [2.75, 3.05) is 18.0 Å². The van der Waals surface area contributed by atoms with Crippen LogP contribution in [0.15, 0.2) is 49.2 Å². The predicted octanol–water partition coefficient (Wildman–Crippen LogP) is 2.05. The van der Waals surface area contributed by atoms with E-state index in [9.17, 15) is 0 Å². The highest BCUT2D eigenvalue weighted by Crippen LogP contribution is 2.31. The van der Waals surface area contributed by atoms with E-state index < -0.39 is 0 Å². The van der Waals surface area contributed by atoms with Crippen LogP contribution in [0, 0.1) is 11.3 Å². The van der Waals surface area contributed by atoms with E-state index in [-0.39, 0.29) is 6.04 Å². The zero-order valence-corrected chi connectivity index (χ0v) is 16.2.